The number of methoxy groups -OCH3 is 1. The van der Waals surface area contributed by atoms with E-state index in [2.05, 4.69) is 9.97 Å². The van der Waals surface area contributed by atoms with Crippen molar-refractivity contribution < 1.29 is 19.4 Å². The molecule has 2 N–H and O–H groups in total. The van der Waals surface area contributed by atoms with Crippen LogP contribution in [0.15, 0.2) is 48.5 Å². The minimum atomic E-state index is -1.07. The zero-order valence-electron chi connectivity index (χ0n) is 15.4. The van der Waals surface area contributed by atoms with Crippen LogP contribution in [0.4, 0.5) is 0 Å². The summed E-state index contributed by atoms with van der Waals surface area (Å²) < 4.78 is 10.7. The molecule has 28 heavy (non-hydrogen) atoms. The highest BCUT2D eigenvalue weighted by atomic mass is 35.5. The summed E-state index contributed by atoms with van der Waals surface area (Å²) in [6.45, 7) is 1.34. The van der Waals surface area contributed by atoms with E-state index in [4.69, 9.17) is 21.1 Å². The predicted molar refractivity (Wildman–Crippen MR) is 108 cm³/mol. The average Bonchev–Trinajstić information content (AvgIpc) is 3.15. The van der Waals surface area contributed by atoms with Crippen LogP contribution < -0.4 is 4.74 Å². The third kappa shape index (κ3) is 4.91. The zero-order valence-corrected chi connectivity index (χ0v) is 16.2. The number of aromatic amines is 1. The molecule has 0 aliphatic heterocycles. The summed E-state index contributed by atoms with van der Waals surface area (Å²) in [5.41, 5.74) is 1.86. The van der Waals surface area contributed by atoms with E-state index >= 15 is 0 Å². The minimum Gasteiger partial charge on any atom is -0.494 e. The molecule has 0 aliphatic rings. The third-order valence-electron chi connectivity index (χ3n) is 4.17. The van der Waals surface area contributed by atoms with Crippen molar-refractivity contribution in [2.24, 2.45) is 0 Å². The Morgan fingerprint density at radius 1 is 1.04 bits per heavy atom. The van der Waals surface area contributed by atoms with Crippen molar-refractivity contribution in [3.8, 4) is 28.4 Å². The first-order chi connectivity index (χ1) is 13.6. The molecule has 0 saturated heterocycles. The summed E-state index contributed by atoms with van der Waals surface area (Å²) in [4.78, 5) is 19.0. The Bertz CT molecular complexity index is 921. The number of unbranched alkanes of at least 4 members (excludes halogenated alkanes) is 1. The van der Waals surface area contributed by atoms with Crippen molar-refractivity contribution in [2.45, 2.75) is 12.8 Å². The molecule has 0 radical (unpaired) electrons. The zero-order chi connectivity index (χ0) is 19.9. The fourth-order valence-electron chi connectivity index (χ4n) is 2.73. The lowest BCUT2D eigenvalue weighted by Crippen LogP contribution is -1.99. The second-order valence-corrected chi connectivity index (χ2v) is 6.63. The van der Waals surface area contributed by atoms with Gasteiger partial charge in [0.2, 0.25) is 0 Å². The Morgan fingerprint density at radius 3 is 2.32 bits per heavy atom. The normalized spacial score (nSPS) is 10.8. The molecule has 0 atom stereocenters. The van der Waals surface area contributed by atoms with Crippen LogP contribution >= 0.6 is 11.6 Å². The van der Waals surface area contributed by atoms with E-state index in [1.807, 2.05) is 24.3 Å². The SMILES string of the molecule is COCCCCOc1ccc(-c2nc(-c3ccc(Cl)cc3)c(C(=O)O)[nH]2)cc1. The highest BCUT2D eigenvalue weighted by Gasteiger charge is 2.18. The highest BCUT2D eigenvalue weighted by Crippen LogP contribution is 2.28. The van der Waals surface area contributed by atoms with Gasteiger partial charge in [0.05, 0.1) is 6.61 Å². The molecule has 1 heterocycles. The summed E-state index contributed by atoms with van der Waals surface area (Å²) in [5.74, 6) is 0.165. The number of carbonyl (C=O) groups is 1. The minimum absolute atomic E-state index is 0.0378. The van der Waals surface area contributed by atoms with E-state index in [-0.39, 0.29) is 5.69 Å². The van der Waals surface area contributed by atoms with Gasteiger partial charge >= 0.3 is 5.97 Å². The van der Waals surface area contributed by atoms with E-state index < -0.39 is 5.97 Å². The molecular formula is C21H21ClN2O4. The van der Waals surface area contributed by atoms with Crippen LogP contribution in [-0.2, 0) is 4.74 Å². The summed E-state index contributed by atoms with van der Waals surface area (Å²) in [6.07, 6.45) is 1.87. The molecule has 3 rings (SSSR count). The third-order valence-corrected chi connectivity index (χ3v) is 4.43. The second-order valence-electron chi connectivity index (χ2n) is 6.19. The van der Waals surface area contributed by atoms with Crippen molar-refractivity contribution in [1.29, 1.82) is 0 Å². The summed E-state index contributed by atoms with van der Waals surface area (Å²) in [5, 5.41) is 10.1. The fourth-order valence-corrected chi connectivity index (χ4v) is 2.85. The molecule has 2 aromatic carbocycles. The van der Waals surface area contributed by atoms with Crippen molar-refractivity contribution >= 4 is 17.6 Å². The van der Waals surface area contributed by atoms with Gasteiger partial charge in [-0.05, 0) is 49.2 Å². The number of aromatic carboxylic acids is 1. The summed E-state index contributed by atoms with van der Waals surface area (Å²) in [6, 6.07) is 14.3. The maximum absolute atomic E-state index is 11.6. The Hall–Kier alpha value is -2.83. The second kappa shape index (κ2) is 9.39. The number of benzene rings is 2. The predicted octanol–water partition coefficient (Wildman–Crippen LogP) is 4.90. The Kier molecular flexibility index (Phi) is 6.68. The van der Waals surface area contributed by atoms with E-state index in [1.165, 1.54) is 0 Å². The molecule has 146 valence electrons. The summed E-state index contributed by atoms with van der Waals surface area (Å²) >= 11 is 5.92. The molecular weight excluding hydrogens is 380 g/mol. The number of imidazole rings is 1. The van der Waals surface area contributed by atoms with Crippen LogP contribution in [-0.4, -0.2) is 41.4 Å². The topological polar surface area (TPSA) is 84.4 Å². The van der Waals surface area contributed by atoms with Gasteiger partial charge in [0.25, 0.3) is 0 Å². The van der Waals surface area contributed by atoms with Gasteiger partial charge in [0, 0.05) is 29.9 Å². The monoisotopic (exact) mass is 400 g/mol. The molecule has 1 aromatic heterocycles. The van der Waals surface area contributed by atoms with Crippen LogP contribution in [0.2, 0.25) is 5.02 Å². The Balaban J connectivity index is 1.77. The quantitative estimate of drug-likeness (QED) is 0.499. The van der Waals surface area contributed by atoms with Gasteiger partial charge in [-0.3, -0.25) is 0 Å². The van der Waals surface area contributed by atoms with Crippen LogP contribution in [0.3, 0.4) is 0 Å². The Morgan fingerprint density at radius 2 is 1.68 bits per heavy atom. The molecule has 0 unspecified atom stereocenters. The van der Waals surface area contributed by atoms with E-state index in [0.29, 0.717) is 28.7 Å². The van der Waals surface area contributed by atoms with Crippen molar-refractivity contribution in [1.82, 2.24) is 9.97 Å². The van der Waals surface area contributed by atoms with Gasteiger partial charge in [-0.15, -0.1) is 0 Å². The lowest BCUT2D eigenvalue weighted by molar-refractivity contribution is 0.0692. The maximum Gasteiger partial charge on any atom is 0.354 e. The number of halogens is 1. The van der Waals surface area contributed by atoms with Gasteiger partial charge in [-0.1, -0.05) is 23.7 Å². The molecule has 0 fully saturated rings. The summed E-state index contributed by atoms with van der Waals surface area (Å²) in [7, 11) is 1.68. The number of ether oxygens (including phenoxy) is 2. The molecule has 6 nitrogen and oxygen atoms in total. The van der Waals surface area contributed by atoms with Crippen LogP contribution in [0.25, 0.3) is 22.6 Å². The first kappa shape index (κ1) is 19.9. The van der Waals surface area contributed by atoms with Gasteiger partial charge in [0.1, 0.15) is 17.3 Å². The molecule has 7 heteroatoms. The highest BCUT2D eigenvalue weighted by molar-refractivity contribution is 6.30. The van der Waals surface area contributed by atoms with Gasteiger partial charge in [-0.25, -0.2) is 9.78 Å². The fraction of sp³-hybridized carbons (Fsp3) is 0.238. The standard InChI is InChI=1S/C21H21ClN2O4/c1-27-12-2-3-13-28-17-10-6-15(7-11-17)20-23-18(19(24-20)21(25)26)14-4-8-16(22)9-5-14/h4-11H,2-3,12-13H2,1H3,(H,23,24)(H,25,26). The van der Waals surface area contributed by atoms with E-state index in [9.17, 15) is 9.90 Å². The number of hydrogen-bond acceptors (Lipinski definition) is 4. The van der Waals surface area contributed by atoms with Gasteiger partial charge < -0.3 is 19.6 Å². The van der Waals surface area contributed by atoms with E-state index in [0.717, 1.165) is 30.8 Å². The number of aromatic nitrogens is 2. The number of carboxylic acids is 1. The van der Waals surface area contributed by atoms with Crippen LogP contribution in [0.1, 0.15) is 23.3 Å². The smallest absolute Gasteiger partial charge is 0.354 e. The molecule has 0 spiro atoms. The number of nitrogens with zero attached hydrogens (tertiary/aromatic N) is 1. The maximum atomic E-state index is 11.6. The lowest BCUT2D eigenvalue weighted by Gasteiger charge is -2.06. The lowest BCUT2D eigenvalue weighted by atomic mass is 10.1. The number of carboxylic acid groups (broad SMARTS) is 1. The molecule has 0 amide bonds. The first-order valence-electron chi connectivity index (χ1n) is 8.90. The van der Waals surface area contributed by atoms with Crippen molar-refractivity contribution in [3.05, 3.63) is 59.2 Å². The molecule has 0 saturated carbocycles. The van der Waals surface area contributed by atoms with Crippen LogP contribution in [0, 0.1) is 0 Å². The largest absolute Gasteiger partial charge is 0.494 e. The van der Waals surface area contributed by atoms with Crippen molar-refractivity contribution in [3.63, 3.8) is 0 Å². The molecule has 3 aromatic rings. The number of rotatable bonds is 9. The first-order valence-corrected chi connectivity index (χ1v) is 9.27. The Labute approximate surface area is 168 Å². The number of nitrogens with one attached hydrogen (secondary N) is 1. The number of H-pyrrole nitrogens is 1. The number of hydrogen-bond donors (Lipinski definition) is 2. The molecule has 0 bridgehead atoms. The van der Waals surface area contributed by atoms with Crippen LogP contribution in [0.5, 0.6) is 5.75 Å². The van der Waals surface area contributed by atoms with E-state index in [1.54, 1.807) is 31.4 Å². The van der Waals surface area contributed by atoms with Gasteiger partial charge in [-0.2, -0.15) is 0 Å². The average molecular weight is 401 g/mol. The molecule has 0 aliphatic carbocycles. The van der Waals surface area contributed by atoms with Gasteiger partial charge in [0.15, 0.2) is 5.69 Å². The van der Waals surface area contributed by atoms with Crippen molar-refractivity contribution in [2.75, 3.05) is 20.3 Å².